The highest BCUT2D eigenvalue weighted by Gasteiger charge is 2.12. The first-order valence-corrected chi connectivity index (χ1v) is 4.46. The Labute approximate surface area is 87.3 Å². The Bertz CT molecular complexity index is 350. The Balaban J connectivity index is 3.38. The number of hydrogen-bond acceptors (Lipinski definition) is 3. The van der Waals surface area contributed by atoms with Crippen LogP contribution in [0.5, 0.6) is 5.75 Å². The van der Waals surface area contributed by atoms with E-state index in [-0.39, 0.29) is 0 Å². The Kier molecular flexibility index (Phi) is 3.22. The quantitative estimate of drug-likeness (QED) is 0.608. The van der Waals surface area contributed by atoms with Crippen LogP contribution in [0.25, 0.3) is 0 Å². The van der Waals surface area contributed by atoms with E-state index in [4.69, 9.17) is 16.3 Å². The van der Waals surface area contributed by atoms with Crippen LogP contribution in [-0.4, -0.2) is 12.4 Å². The molecule has 0 aliphatic rings. The number of carbonyl (C=O) groups is 1. The molecule has 0 aliphatic carbocycles. The summed E-state index contributed by atoms with van der Waals surface area (Å²) in [7, 11) is 1.48. The maximum atomic E-state index is 11.0. The molecule has 0 bridgehead atoms. The molecule has 13 heavy (non-hydrogen) atoms. The Morgan fingerprint density at radius 1 is 1.54 bits per heavy atom. The summed E-state index contributed by atoms with van der Waals surface area (Å²) >= 11 is 9.55. The second-order valence-electron chi connectivity index (χ2n) is 2.64. The lowest BCUT2D eigenvalue weighted by atomic mass is 10.1. The van der Waals surface area contributed by atoms with Crippen LogP contribution in [0, 0.1) is 6.92 Å². The molecule has 0 N–H and O–H groups in total. The summed E-state index contributed by atoms with van der Waals surface area (Å²) in [5.41, 5.74) is 1.28. The molecule has 0 fully saturated rings. The van der Waals surface area contributed by atoms with Gasteiger partial charge in [0.05, 0.1) is 12.7 Å². The number of ether oxygens (including phenoxy) is 1. The van der Waals surface area contributed by atoms with Gasteiger partial charge in [0.25, 0.3) is 5.24 Å². The molecule has 0 unspecified atom stereocenters. The van der Waals surface area contributed by atoms with Gasteiger partial charge >= 0.3 is 0 Å². The van der Waals surface area contributed by atoms with Crippen LogP contribution in [0.3, 0.4) is 0 Å². The zero-order valence-corrected chi connectivity index (χ0v) is 8.95. The van der Waals surface area contributed by atoms with Crippen LogP contribution in [0.4, 0.5) is 0 Å². The normalized spacial score (nSPS) is 9.85. The standard InChI is InChI=1S/C9H9ClO2S/c1-5-3-6(9(10)11)8(12-2)7(13)4-5/h3-4,13H,1-2H3. The fourth-order valence-corrected chi connectivity index (χ4v) is 1.67. The lowest BCUT2D eigenvalue weighted by molar-refractivity contribution is 0.107. The maximum Gasteiger partial charge on any atom is 0.256 e. The first-order chi connectivity index (χ1) is 6.06. The third-order valence-corrected chi connectivity index (χ3v) is 2.17. The number of thiol groups is 1. The summed E-state index contributed by atoms with van der Waals surface area (Å²) in [4.78, 5) is 11.6. The summed E-state index contributed by atoms with van der Waals surface area (Å²) < 4.78 is 5.01. The molecule has 70 valence electrons. The molecular weight excluding hydrogens is 208 g/mol. The van der Waals surface area contributed by atoms with E-state index in [1.54, 1.807) is 6.07 Å². The predicted octanol–water partition coefficient (Wildman–Crippen LogP) is 2.67. The van der Waals surface area contributed by atoms with Gasteiger partial charge in [-0.25, -0.2) is 0 Å². The van der Waals surface area contributed by atoms with E-state index >= 15 is 0 Å². The highest BCUT2D eigenvalue weighted by atomic mass is 35.5. The number of methoxy groups -OCH3 is 1. The maximum absolute atomic E-state index is 11.0. The van der Waals surface area contributed by atoms with Gasteiger partial charge in [0.15, 0.2) is 0 Å². The largest absolute Gasteiger partial charge is 0.495 e. The molecular formula is C9H9ClO2S. The van der Waals surface area contributed by atoms with E-state index in [1.165, 1.54) is 7.11 Å². The number of hydrogen-bond donors (Lipinski definition) is 1. The van der Waals surface area contributed by atoms with Crippen LogP contribution < -0.4 is 4.74 Å². The Morgan fingerprint density at radius 2 is 2.15 bits per heavy atom. The molecule has 0 heterocycles. The van der Waals surface area contributed by atoms with Gasteiger partial charge in [-0.3, -0.25) is 4.79 Å². The van der Waals surface area contributed by atoms with Crippen molar-refractivity contribution in [1.29, 1.82) is 0 Å². The van der Waals surface area contributed by atoms with Gasteiger partial charge in [0, 0.05) is 4.90 Å². The second kappa shape index (κ2) is 4.03. The van der Waals surface area contributed by atoms with Crippen LogP contribution >= 0.6 is 24.2 Å². The van der Waals surface area contributed by atoms with Crippen LogP contribution in [0.1, 0.15) is 15.9 Å². The molecule has 0 amide bonds. The van der Waals surface area contributed by atoms with E-state index in [9.17, 15) is 4.79 Å². The SMILES string of the molecule is COc1c(S)cc(C)cc1C(=O)Cl. The van der Waals surface area contributed by atoms with Crippen molar-refractivity contribution in [1.82, 2.24) is 0 Å². The third-order valence-electron chi connectivity index (χ3n) is 1.63. The molecule has 1 aromatic carbocycles. The van der Waals surface area contributed by atoms with Crippen molar-refractivity contribution < 1.29 is 9.53 Å². The van der Waals surface area contributed by atoms with Gasteiger partial charge < -0.3 is 4.74 Å². The number of carbonyl (C=O) groups excluding carboxylic acids is 1. The van der Waals surface area contributed by atoms with Gasteiger partial charge in [0.1, 0.15) is 5.75 Å². The predicted molar refractivity (Wildman–Crippen MR) is 55.2 cm³/mol. The van der Waals surface area contributed by atoms with Gasteiger partial charge in [0.2, 0.25) is 0 Å². The molecule has 0 aliphatic heterocycles. The Morgan fingerprint density at radius 3 is 2.62 bits per heavy atom. The van der Waals surface area contributed by atoms with Gasteiger partial charge in [-0.15, -0.1) is 12.6 Å². The minimum atomic E-state index is -0.532. The molecule has 0 saturated heterocycles. The van der Waals surface area contributed by atoms with Crippen LogP contribution in [0.2, 0.25) is 0 Å². The third kappa shape index (κ3) is 2.17. The zero-order chi connectivity index (χ0) is 10.0. The number of rotatable bonds is 2. The molecule has 0 saturated carbocycles. The van der Waals surface area contributed by atoms with E-state index in [1.807, 2.05) is 13.0 Å². The molecule has 2 nitrogen and oxygen atoms in total. The van der Waals surface area contributed by atoms with Crippen molar-refractivity contribution in [2.24, 2.45) is 0 Å². The van der Waals surface area contributed by atoms with Crippen molar-refractivity contribution in [3.05, 3.63) is 23.3 Å². The fraction of sp³-hybridized carbons (Fsp3) is 0.222. The van der Waals surface area contributed by atoms with Crippen molar-refractivity contribution in [3.63, 3.8) is 0 Å². The van der Waals surface area contributed by atoms with Gasteiger partial charge in [-0.2, -0.15) is 0 Å². The van der Waals surface area contributed by atoms with Crippen LogP contribution in [-0.2, 0) is 0 Å². The highest BCUT2D eigenvalue weighted by molar-refractivity contribution is 7.80. The molecule has 0 atom stereocenters. The minimum Gasteiger partial charge on any atom is -0.495 e. The van der Waals surface area contributed by atoms with E-state index in [0.29, 0.717) is 16.2 Å². The molecule has 1 aromatic rings. The monoisotopic (exact) mass is 216 g/mol. The number of halogens is 1. The van der Waals surface area contributed by atoms with E-state index < -0.39 is 5.24 Å². The van der Waals surface area contributed by atoms with Gasteiger partial charge in [-0.05, 0) is 36.2 Å². The molecule has 0 radical (unpaired) electrons. The summed E-state index contributed by atoms with van der Waals surface area (Å²) in [5.74, 6) is 0.425. The second-order valence-corrected chi connectivity index (χ2v) is 3.46. The van der Waals surface area contributed by atoms with E-state index in [0.717, 1.165) is 5.56 Å². The average Bonchev–Trinajstić information content (AvgIpc) is 2.02. The molecule has 1 rings (SSSR count). The number of aryl methyl sites for hydroxylation is 1. The summed E-state index contributed by atoms with van der Waals surface area (Å²) in [6.45, 7) is 1.86. The van der Waals surface area contributed by atoms with Gasteiger partial charge in [-0.1, -0.05) is 0 Å². The molecule has 0 spiro atoms. The van der Waals surface area contributed by atoms with Crippen molar-refractivity contribution in [3.8, 4) is 5.75 Å². The molecule has 4 heteroatoms. The average molecular weight is 217 g/mol. The highest BCUT2D eigenvalue weighted by Crippen LogP contribution is 2.29. The number of benzene rings is 1. The Hall–Kier alpha value is -0.670. The topological polar surface area (TPSA) is 26.3 Å². The fourth-order valence-electron chi connectivity index (χ4n) is 1.11. The summed E-state index contributed by atoms with van der Waals surface area (Å²) in [6, 6.07) is 3.49. The van der Waals surface area contributed by atoms with Crippen molar-refractivity contribution in [2.45, 2.75) is 11.8 Å². The van der Waals surface area contributed by atoms with Crippen LogP contribution in [0.15, 0.2) is 17.0 Å². The van der Waals surface area contributed by atoms with E-state index in [2.05, 4.69) is 12.6 Å². The first kappa shape index (κ1) is 10.4. The van der Waals surface area contributed by atoms with Crippen molar-refractivity contribution in [2.75, 3.05) is 7.11 Å². The lowest BCUT2D eigenvalue weighted by Crippen LogP contribution is -1.97. The minimum absolute atomic E-state index is 0.356. The lowest BCUT2D eigenvalue weighted by Gasteiger charge is -2.08. The molecule has 0 aromatic heterocycles. The van der Waals surface area contributed by atoms with Crippen molar-refractivity contribution >= 4 is 29.5 Å². The first-order valence-electron chi connectivity index (χ1n) is 3.63. The summed E-state index contributed by atoms with van der Waals surface area (Å²) in [6.07, 6.45) is 0. The smallest absolute Gasteiger partial charge is 0.256 e. The summed E-state index contributed by atoms with van der Waals surface area (Å²) in [5, 5.41) is -0.532. The zero-order valence-electron chi connectivity index (χ0n) is 7.30.